The van der Waals surface area contributed by atoms with Crippen molar-refractivity contribution in [1.29, 1.82) is 0 Å². The zero-order valence-corrected chi connectivity index (χ0v) is 18.2. The second kappa shape index (κ2) is 9.52. The van der Waals surface area contributed by atoms with Crippen molar-refractivity contribution in [2.24, 2.45) is 0 Å². The molecule has 28 heavy (non-hydrogen) atoms. The summed E-state index contributed by atoms with van der Waals surface area (Å²) >= 11 is 6.13. The Kier molecular flexibility index (Phi) is 7.60. The minimum absolute atomic E-state index is 0.0777. The number of anilines is 1. The van der Waals surface area contributed by atoms with Crippen LogP contribution in [0.1, 0.15) is 18.1 Å². The standard InChI is InChI=1S/C20H26ClN3O3S/c1-5-15-6-8-16(9-7-15)13-24(4)14-20(25)22-19-12-17(10-11-18(19)21)28(26,27)23(2)3/h6-12H,5,13-14H2,1-4H3,(H,22,25)/p+1. The largest absolute Gasteiger partial charge is 0.326 e. The Labute approximate surface area is 172 Å². The van der Waals surface area contributed by atoms with Gasteiger partial charge in [-0.3, -0.25) is 4.79 Å². The lowest BCUT2D eigenvalue weighted by atomic mass is 10.1. The molecule has 0 heterocycles. The van der Waals surface area contributed by atoms with Crippen molar-refractivity contribution >= 4 is 33.2 Å². The van der Waals surface area contributed by atoms with Crippen LogP contribution in [0.3, 0.4) is 0 Å². The highest BCUT2D eigenvalue weighted by Crippen LogP contribution is 2.26. The van der Waals surface area contributed by atoms with Crippen LogP contribution >= 0.6 is 11.6 Å². The molecule has 2 aromatic rings. The van der Waals surface area contributed by atoms with Crippen LogP contribution in [0.25, 0.3) is 0 Å². The molecule has 152 valence electrons. The van der Waals surface area contributed by atoms with Gasteiger partial charge in [-0.2, -0.15) is 0 Å². The first-order valence-corrected chi connectivity index (χ1v) is 10.9. The van der Waals surface area contributed by atoms with Crippen molar-refractivity contribution in [3.8, 4) is 0 Å². The molecule has 0 spiro atoms. The summed E-state index contributed by atoms with van der Waals surface area (Å²) in [6.45, 7) is 3.05. The molecule has 0 aromatic heterocycles. The molecule has 8 heteroatoms. The van der Waals surface area contributed by atoms with Crippen LogP contribution in [0.5, 0.6) is 0 Å². The molecule has 0 saturated heterocycles. The van der Waals surface area contributed by atoms with Gasteiger partial charge in [0.05, 0.1) is 22.7 Å². The fourth-order valence-corrected chi connectivity index (χ4v) is 3.84. The minimum atomic E-state index is -3.60. The fourth-order valence-electron chi connectivity index (χ4n) is 2.74. The highest BCUT2D eigenvalue weighted by Gasteiger charge is 2.20. The Balaban J connectivity index is 2.03. The summed E-state index contributed by atoms with van der Waals surface area (Å²) in [4.78, 5) is 13.5. The molecular weight excluding hydrogens is 398 g/mol. The van der Waals surface area contributed by atoms with Gasteiger partial charge in [-0.25, -0.2) is 12.7 Å². The Morgan fingerprint density at radius 3 is 2.29 bits per heavy atom. The number of hydrogen-bond acceptors (Lipinski definition) is 3. The van der Waals surface area contributed by atoms with Crippen LogP contribution in [-0.2, 0) is 27.8 Å². The van der Waals surface area contributed by atoms with Crippen molar-refractivity contribution in [1.82, 2.24) is 4.31 Å². The maximum absolute atomic E-state index is 12.4. The van der Waals surface area contributed by atoms with Crippen LogP contribution in [-0.4, -0.2) is 46.3 Å². The lowest BCUT2D eigenvalue weighted by Crippen LogP contribution is -3.08. The Bertz CT molecular complexity index is 928. The van der Waals surface area contributed by atoms with E-state index in [4.69, 9.17) is 11.6 Å². The summed E-state index contributed by atoms with van der Waals surface area (Å²) < 4.78 is 25.7. The smallest absolute Gasteiger partial charge is 0.279 e. The number of carbonyl (C=O) groups is 1. The normalized spacial score (nSPS) is 12.8. The second-order valence-electron chi connectivity index (χ2n) is 6.96. The van der Waals surface area contributed by atoms with Crippen LogP contribution in [0.15, 0.2) is 47.4 Å². The van der Waals surface area contributed by atoms with E-state index in [0.717, 1.165) is 21.2 Å². The summed E-state index contributed by atoms with van der Waals surface area (Å²) in [7, 11) is 1.23. The van der Waals surface area contributed by atoms with Gasteiger partial charge >= 0.3 is 0 Å². The molecule has 6 nitrogen and oxygen atoms in total. The van der Waals surface area contributed by atoms with Gasteiger partial charge in [0.15, 0.2) is 6.54 Å². The number of hydrogen-bond donors (Lipinski definition) is 2. The van der Waals surface area contributed by atoms with Gasteiger partial charge in [-0.1, -0.05) is 42.8 Å². The lowest BCUT2D eigenvalue weighted by molar-refractivity contribution is -0.885. The van der Waals surface area contributed by atoms with Gasteiger partial charge in [0.25, 0.3) is 5.91 Å². The number of amides is 1. The molecule has 2 aromatic carbocycles. The number of halogens is 1. The fraction of sp³-hybridized carbons (Fsp3) is 0.350. The van der Waals surface area contributed by atoms with E-state index in [1.165, 1.54) is 37.9 Å². The van der Waals surface area contributed by atoms with E-state index >= 15 is 0 Å². The molecule has 0 bridgehead atoms. The number of benzene rings is 2. The van der Waals surface area contributed by atoms with Crippen molar-refractivity contribution in [3.05, 3.63) is 58.6 Å². The van der Waals surface area contributed by atoms with Crippen molar-refractivity contribution in [2.75, 3.05) is 33.0 Å². The number of likely N-dealkylation sites (N-methyl/N-ethyl adjacent to an activating group) is 1. The van der Waals surface area contributed by atoms with Crippen molar-refractivity contribution in [2.45, 2.75) is 24.8 Å². The number of carbonyl (C=O) groups excluding carboxylic acids is 1. The third-order valence-corrected chi connectivity index (χ3v) is 6.53. The summed E-state index contributed by atoms with van der Waals surface area (Å²) in [5, 5.41) is 3.01. The molecule has 1 unspecified atom stereocenters. The van der Waals surface area contributed by atoms with E-state index in [1.807, 2.05) is 7.05 Å². The van der Waals surface area contributed by atoms with Crippen LogP contribution in [0, 0.1) is 0 Å². The Morgan fingerprint density at radius 2 is 1.71 bits per heavy atom. The first-order chi connectivity index (χ1) is 13.1. The molecule has 2 rings (SSSR count). The summed E-state index contributed by atoms with van der Waals surface area (Å²) in [6.07, 6.45) is 0.995. The predicted octanol–water partition coefficient (Wildman–Crippen LogP) is 1.81. The molecule has 0 saturated carbocycles. The zero-order valence-electron chi connectivity index (χ0n) is 16.6. The van der Waals surface area contributed by atoms with E-state index in [-0.39, 0.29) is 23.0 Å². The molecule has 0 aliphatic heterocycles. The summed E-state index contributed by atoms with van der Waals surface area (Å²) in [5.74, 6) is -0.232. The monoisotopic (exact) mass is 424 g/mol. The van der Waals surface area contributed by atoms with Gasteiger partial charge in [0.1, 0.15) is 6.54 Å². The highest BCUT2D eigenvalue weighted by molar-refractivity contribution is 7.89. The predicted molar refractivity (Wildman–Crippen MR) is 112 cm³/mol. The number of quaternary nitrogens is 1. The molecule has 1 amide bonds. The van der Waals surface area contributed by atoms with Gasteiger partial charge in [0, 0.05) is 19.7 Å². The van der Waals surface area contributed by atoms with E-state index < -0.39 is 10.0 Å². The number of rotatable bonds is 8. The van der Waals surface area contributed by atoms with E-state index in [0.29, 0.717) is 11.6 Å². The Hall–Kier alpha value is -1.93. The first-order valence-electron chi connectivity index (χ1n) is 9.04. The molecule has 0 radical (unpaired) electrons. The van der Waals surface area contributed by atoms with Gasteiger partial charge in [-0.15, -0.1) is 0 Å². The number of nitrogens with zero attached hydrogens (tertiary/aromatic N) is 1. The molecule has 1 atom stereocenters. The highest BCUT2D eigenvalue weighted by atomic mass is 35.5. The van der Waals surface area contributed by atoms with Crippen molar-refractivity contribution in [3.63, 3.8) is 0 Å². The number of aryl methyl sites for hydroxylation is 1. The molecular formula is C20H27ClN3O3S+. The lowest BCUT2D eigenvalue weighted by Gasteiger charge is -2.16. The number of sulfonamides is 1. The van der Waals surface area contributed by atoms with Crippen LogP contribution < -0.4 is 10.2 Å². The quantitative estimate of drug-likeness (QED) is 0.678. The Morgan fingerprint density at radius 1 is 1.11 bits per heavy atom. The van der Waals surface area contributed by atoms with E-state index in [9.17, 15) is 13.2 Å². The average Bonchev–Trinajstić information content (AvgIpc) is 2.63. The molecule has 2 N–H and O–H groups in total. The van der Waals surface area contributed by atoms with Gasteiger partial charge < -0.3 is 10.2 Å². The molecule has 0 aliphatic rings. The van der Waals surface area contributed by atoms with Crippen LogP contribution in [0.2, 0.25) is 5.02 Å². The maximum atomic E-state index is 12.4. The van der Waals surface area contributed by atoms with Crippen molar-refractivity contribution < 1.29 is 18.1 Å². The average molecular weight is 425 g/mol. The SMILES string of the molecule is CCc1ccc(C[NH+](C)CC(=O)Nc2cc(S(=O)(=O)N(C)C)ccc2Cl)cc1. The topological polar surface area (TPSA) is 70.9 Å². The molecule has 0 aliphatic carbocycles. The van der Waals surface area contributed by atoms with E-state index in [1.54, 1.807) is 0 Å². The summed E-state index contributed by atoms with van der Waals surface area (Å²) in [6, 6.07) is 12.6. The molecule has 0 fully saturated rings. The van der Waals surface area contributed by atoms with Crippen LogP contribution in [0.4, 0.5) is 5.69 Å². The zero-order chi connectivity index (χ0) is 20.9. The third kappa shape index (κ3) is 5.78. The number of nitrogens with one attached hydrogen (secondary N) is 2. The second-order valence-corrected chi connectivity index (χ2v) is 9.52. The van der Waals surface area contributed by atoms with Gasteiger partial charge in [0.2, 0.25) is 10.0 Å². The first kappa shape index (κ1) is 22.4. The third-order valence-electron chi connectivity index (χ3n) is 4.39. The minimum Gasteiger partial charge on any atom is -0.326 e. The summed E-state index contributed by atoms with van der Waals surface area (Å²) in [5.41, 5.74) is 2.72. The maximum Gasteiger partial charge on any atom is 0.279 e. The van der Waals surface area contributed by atoms with E-state index in [2.05, 4.69) is 36.5 Å². The van der Waals surface area contributed by atoms with Gasteiger partial charge in [-0.05, 0) is 30.2 Å².